The number of hydrazone groups is 1. The standard InChI is InChI=1S/C12H13N3OS.C7H14O/c1-8(16)13-11-6-4-10(5-7-11)12-14-15(3)9(2)17-12;1-6-3-2-4-7(8)5-6/h4-7H,2H2,1,3H3,(H,13,16);6-8H,2-5H2,1H3. The van der Waals surface area contributed by atoms with E-state index in [9.17, 15) is 4.79 Å². The van der Waals surface area contributed by atoms with E-state index in [4.69, 9.17) is 5.11 Å². The van der Waals surface area contributed by atoms with E-state index in [1.54, 1.807) is 16.8 Å². The van der Waals surface area contributed by atoms with Crippen molar-refractivity contribution in [1.82, 2.24) is 5.01 Å². The topological polar surface area (TPSA) is 64.9 Å². The Balaban J connectivity index is 0.000000236. The molecule has 0 bridgehead atoms. The highest BCUT2D eigenvalue weighted by atomic mass is 32.2. The number of rotatable bonds is 2. The van der Waals surface area contributed by atoms with Gasteiger partial charge in [-0.1, -0.05) is 38.5 Å². The quantitative estimate of drug-likeness (QED) is 0.835. The maximum Gasteiger partial charge on any atom is 0.221 e. The molecule has 25 heavy (non-hydrogen) atoms. The minimum atomic E-state index is -0.0709. The zero-order chi connectivity index (χ0) is 18.4. The second kappa shape index (κ2) is 9.06. The Labute approximate surface area is 154 Å². The van der Waals surface area contributed by atoms with E-state index in [-0.39, 0.29) is 12.0 Å². The van der Waals surface area contributed by atoms with Crippen molar-refractivity contribution >= 4 is 28.4 Å². The summed E-state index contributed by atoms with van der Waals surface area (Å²) >= 11 is 1.54. The highest BCUT2D eigenvalue weighted by Gasteiger charge is 2.17. The van der Waals surface area contributed by atoms with Crippen LogP contribution in [0.4, 0.5) is 5.69 Å². The fourth-order valence-electron chi connectivity index (χ4n) is 2.81. The average Bonchev–Trinajstić information content (AvgIpc) is 2.87. The summed E-state index contributed by atoms with van der Waals surface area (Å²) in [6, 6.07) is 7.59. The van der Waals surface area contributed by atoms with E-state index in [1.807, 2.05) is 31.3 Å². The summed E-state index contributed by atoms with van der Waals surface area (Å²) in [5.41, 5.74) is 1.81. The Hall–Kier alpha value is -1.79. The third kappa shape index (κ3) is 6.21. The predicted octanol–water partition coefficient (Wildman–Crippen LogP) is 4.01. The molecule has 1 amide bonds. The van der Waals surface area contributed by atoms with E-state index in [1.165, 1.54) is 19.8 Å². The number of hydrogen-bond donors (Lipinski definition) is 2. The molecule has 1 fully saturated rings. The summed E-state index contributed by atoms with van der Waals surface area (Å²) in [5, 5.41) is 19.7. The molecule has 1 saturated carbocycles. The molecule has 2 atom stereocenters. The molecule has 5 nitrogen and oxygen atoms in total. The molecule has 1 aliphatic heterocycles. The van der Waals surface area contributed by atoms with Crippen molar-refractivity contribution in [2.24, 2.45) is 11.0 Å². The van der Waals surface area contributed by atoms with Crippen molar-refractivity contribution in [2.75, 3.05) is 12.4 Å². The van der Waals surface area contributed by atoms with Crippen LogP contribution in [0.3, 0.4) is 0 Å². The maximum atomic E-state index is 10.9. The zero-order valence-electron chi connectivity index (χ0n) is 15.2. The third-order valence-electron chi connectivity index (χ3n) is 4.18. The number of carbonyl (C=O) groups excluding carboxylic acids is 1. The Morgan fingerprint density at radius 2 is 2.04 bits per heavy atom. The summed E-state index contributed by atoms with van der Waals surface area (Å²) in [7, 11) is 1.87. The molecule has 2 N–H and O–H groups in total. The highest BCUT2D eigenvalue weighted by Crippen LogP contribution is 2.30. The summed E-state index contributed by atoms with van der Waals surface area (Å²) in [6.07, 6.45) is 4.61. The van der Waals surface area contributed by atoms with Gasteiger partial charge in [-0.05, 0) is 42.7 Å². The number of benzene rings is 1. The van der Waals surface area contributed by atoms with Gasteiger partial charge >= 0.3 is 0 Å². The molecule has 2 unspecified atom stereocenters. The third-order valence-corrected chi connectivity index (χ3v) is 5.19. The number of thioether (sulfide) groups is 1. The van der Waals surface area contributed by atoms with Gasteiger partial charge in [0.1, 0.15) is 5.04 Å². The first kappa shape index (κ1) is 19.5. The fraction of sp³-hybridized carbons (Fsp3) is 0.474. The lowest BCUT2D eigenvalue weighted by molar-refractivity contribution is -0.114. The van der Waals surface area contributed by atoms with Crippen LogP contribution in [0.5, 0.6) is 0 Å². The Bertz CT molecular complexity index is 635. The predicted molar refractivity (Wildman–Crippen MR) is 105 cm³/mol. The summed E-state index contributed by atoms with van der Waals surface area (Å²) in [4.78, 5) is 10.9. The molecule has 0 aromatic heterocycles. The average molecular weight is 362 g/mol. The van der Waals surface area contributed by atoms with Crippen molar-refractivity contribution in [3.8, 4) is 0 Å². The number of anilines is 1. The van der Waals surface area contributed by atoms with E-state index >= 15 is 0 Å². The number of hydrogen-bond acceptors (Lipinski definition) is 5. The molecule has 1 aromatic rings. The van der Waals surface area contributed by atoms with Crippen LogP contribution in [0.25, 0.3) is 0 Å². The monoisotopic (exact) mass is 361 g/mol. The second-order valence-corrected chi connectivity index (χ2v) is 7.67. The Morgan fingerprint density at radius 3 is 2.48 bits per heavy atom. The number of nitrogens with zero attached hydrogens (tertiary/aromatic N) is 2. The van der Waals surface area contributed by atoms with Crippen molar-refractivity contribution < 1.29 is 9.90 Å². The van der Waals surface area contributed by atoms with Crippen molar-refractivity contribution in [1.29, 1.82) is 0 Å². The molecule has 0 radical (unpaired) electrons. The lowest BCUT2D eigenvalue weighted by Gasteiger charge is -2.21. The van der Waals surface area contributed by atoms with E-state index < -0.39 is 0 Å². The molecule has 3 rings (SSSR count). The molecular weight excluding hydrogens is 334 g/mol. The van der Waals surface area contributed by atoms with Crippen LogP contribution in [0.1, 0.15) is 45.1 Å². The van der Waals surface area contributed by atoms with Gasteiger partial charge in [0.15, 0.2) is 0 Å². The van der Waals surface area contributed by atoms with E-state index in [0.717, 1.165) is 40.1 Å². The van der Waals surface area contributed by atoms with Gasteiger partial charge in [-0.25, -0.2) is 0 Å². The molecule has 0 spiro atoms. The first-order valence-corrected chi connectivity index (χ1v) is 9.42. The molecule has 1 aliphatic carbocycles. The van der Waals surface area contributed by atoms with Gasteiger partial charge in [-0.2, -0.15) is 5.10 Å². The first-order chi connectivity index (χ1) is 11.8. The number of aliphatic hydroxyl groups is 1. The van der Waals surface area contributed by atoms with Crippen LogP contribution >= 0.6 is 11.8 Å². The van der Waals surface area contributed by atoms with E-state index in [2.05, 4.69) is 23.9 Å². The van der Waals surface area contributed by atoms with Crippen LogP contribution in [-0.4, -0.2) is 34.2 Å². The fourth-order valence-corrected chi connectivity index (χ4v) is 3.62. The smallest absolute Gasteiger partial charge is 0.221 e. The Kier molecular flexibility index (Phi) is 7.08. The normalized spacial score (nSPS) is 22.8. The van der Waals surface area contributed by atoms with Gasteiger partial charge in [-0.3, -0.25) is 9.80 Å². The van der Waals surface area contributed by atoms with Gasteiger partial charge in [0.2, 0.25) is 5.91 Å². The molecule has 1 aromatic carbocycles. The van der Waals surface area contributed by atoms with Gasteiger partial charge in [0.25, 0.3) is 0 Å². The summed E-state index contributed by atoms with van der Waals surface area (Å²) in [5.74, 6) is 0.692. The molecule has 6 heteroatoms. The first-order valence-electron chi connectivity index (χ1n) is 8.60. The van der Waals surface area contributed by atoms with Crippen LogP contribution < -0.4 is 5.32 Å². The van der Waals surface area contributed by atoms with Crippen molar-refractivity contribution in [3.05, 3.63) is 41.4 Å². The molecule has 0 saturated heterocycles. The van der Waals surface area contributed by atoms with Crippen LogP contribution in [0, 0.1) is 5.92 Å². The van der Waals surface area contributed by atoms with Gasteiger partial charge in [0, 0.05) is 25.2 Å². The van der Waals surface area contributed by atoms with Crippen molar-refractivity contribution in [2.45, 2.75) is 45.6 Å². The number of amides is 1. The zero-order valence-corrected chi connectivity index (χ0v) is 16.0. The van der Waals surface area contributed by atoms with Gasteiger partial charge in [-0.15, -0.1) is 0 Å². The van der Waals surface area contributed by atoms with Gasteiger partial charge < -0.3 is 10.4 Å². The van der Waals surface area contributed by atoms with Gasteiger partial charge in [0.05, 0.1) is 11.1 Å². The molecule has 2 aliphatic rings. The number of aliphatic hydroxyl groups excluding tert-OH is 1. The highest BCUT2D eigenvalue weighted by molar-refractivity contribution is 8.17. The minimum Gasteiger partial charge on any atom is -0.393 e. The van der Waals surface area contributed by atoms with E-state index in [0.29, 0.717) is 0 Å². The number of nitrogens with one attached hydrogen (secondary N) is 1. The largest absolute Gasteiger partial charge is 0.393 e. The lowest BCUT2D eigenvalue weighted by Crippen LogP contribution is -2.16. The second-order valence-electron chi connectivity index (χ2n) is 6.61. The molecule has 136 valence electrons. The maximum absolute atomic E-state index is 10.9. The summed E-state index contributed by atoms with van der Waals surface area (Å²) < 4.78 is 0. The lowest BCUT2D eigenvalue weighted by atomic mass is 9.89. The molecular formula is C19H27N3O2S. The van der Waals surface area contributed by atoms with Crippen LogP contribution in [0.15, 0.2) is 41.0 Å². The number of carbonyl (C=O) groups is 1. The van der Waals surface area contributed by atoms with Crippen LogP contribution in [0.2, 0.25) is 0 Å². The minimum absolute atomic E-state index is 0.0127. The Morgan fingerprint density at radius 1 is 1.36 bits per heavy atom. The summed E-state index contributed by atoms with van der Waals surface area (Å²) in [6.45, 7) is 7.59. The molecule has 1 heterocycles. The SMILES string of the molecule is C=C1SC(c2ccc(NC(C)=O)cc2)=NN1C.CC1CCCC(O)C1. The van der Waals surface area contributed by atoms with Crippen molar-refractivity contribution in [3.63, 3.8) is 0 Å². The van der Waals surface area contributed by atoms with Crippen LogP contribution in [-0.2, 0) is 4.79 Å².